The van der Waals surface area contributed by atoms with Gasteiger partial charge < -0.3 is 5.11 Å². The van der Waals surface area contributed by atoms with Crippen LogP contribution in [0.3, 0.4) is 0 Å². The molecule has 2 nitrogen and oxygen atoms in total. The van der Waals surface area contributed by atoms with E-state index in [-0.39, 0.29) is 6.42 Å². The van der Waals surface area contributed by atoms with Gasteiger partial charge in [-0.15, -0.1) is 13.2 Å². The minimum atomic E-state index is -5.89. The van der Waals surface area contributed by atoms with Crippen molar-refractivity contribution in [1.29, 1.82) is 0 Å². The molecular weight excluding hydrogens is 297 g/mol. The van der Waals surface area contributed by atoms with Gasteiger partial charge in [-0.1, -0.05) is 32.6 Å². The normalized spacial score (nSPS) is 15.4. The third kappa shape index (κ3) is 5.82. The topological polar surface area (TPSA) is 29.5 Å². The number of hydrogen-bond donors (Lipinski definition) is 1. The fourth-order valence-electron chi connectivity index (χ4n) is 1.66. The molecule has 0 rings (SSSR count). The van der Waals surface area contributed by atoms with Crippen LogP contribution < -0.4 is 0 Å². The molecule has 0 fully saturated rings. The molecule has 0 amide bonds. The summed E-state index contributed by atoms with van der Waals surface area (Å²) in [6.45, 7) is 0.486. The van der Waals surface area contributed by atoms with E-state index in [0.717, 1.165) is 6.42 Å². The summed E-state index contributed by atoms with van der Waals surface area (Å²) in [7, 11) is 0. The number of aliphatic hydroxyl groups excluding tert-OH is 1. The average Bonchev–Trinajstić information content (AvgIpc) is 2.25. The Bertz CT molecular complexity index is 278. The molecule has 9 heteroatoms. The molecule has 0 heterocycles. The summed E-state index contributed by atoms with van der Waals surface area (Å²) < 4.78 is 89.9. The highest BCUT2D eigenvalue weighted by Crippen LogP contribution is 2.45. The molecule has 0 unspecified atom stereocenters. The van der Waals surface area contributed by atoms with Gasteiger partial charge >= 0.3 is 18.4 Å². The molecule has 0 spiro atoms. The van der Waals surface area contributed by atoms with Gasteiger partial charge in [-0.2, -0.15) is 17.6 Å². The van der Waals surface area contributed by atoms with Crippen LogP contribution >= 0.6 is 0 Å². The molecule has 122 valence electrons. The van der Waals surface area contributed by atoms with E-state index >= 15 is 0 Å². The Morgan fingerprint density at radius 3 is 1.90 bits per heavy atom. The predicted molar refractivity (Wildman–Crippen MR) is 56.4 cm³/mol. The zero-order chi connectivity index (χ0) is 16.0. The molecule has 0 aromatic carbocycles. The van der Waals surface area contributed by atoms with Crippen molar-refractivity contribution < 1.29 is 40.6 Å². The van der Waals surface area contributed by atoms with Crippen molar-refractivity contribution >= 4 is 0 Å². The second kappa shape index (κ2) is 7.44. The SMILES string of the molecule is CCCCCC[C@@H](CO)C(F)(F)C(F)(F)OC(F)(F)F. The molecule has 0 saturated heterocycles. The summed E-state index contributed by atoms with van der Waals surface area (Å²) in [5.41, 5.74) is 0. The molecule has 0 aromatic rings. The van der Waals surface area contributed by atoms with Gasteiger partial charge in [0, 0.05) is 0 Å². The summed E-state index contributed by atoms with van der Waals surface area (Å²) >= 11 is 0. The number of ether oxygens (including phenoxy) is 1. The smallest absolute Gasteiger partial charge is 0.396 e. The maximum Gasteiger partial charge on any atom is 0.527 e. The Hall–Kier alpha value is -0.570. The van der Waals surface area contributed by atoms with Crippen LogP contribution in [0.2, 0.25) is 0 Å². The summed E-state index contributed by atoms with van der Waals surface area (Å²) in [5, 5.41) is 8.73. The quantitative estimate of drug-likeness (QED) is 0.507. The lowest BCUT2D eigenvalue weighted by molar-refractivity contribution is -0.472. The number of unbranched alkanes of at least 4 members (excludes halogenated alkanes) is 3. The van der Waals surface area contributed by atoms with Gasteiger partial charge in [-0.05, 0) is 6.42 Å². The van der Waals surface area contributed by atoms with Gasteiger partial charge in [-0.25, -0.2) is 4.74 Å². The highest BCUT2D eigenvalue weighted by molar-refractivity contribution is 4.85. The molecule has 1 N–H and O–H groups in total. The van der Waals surface area contributed by atoms with Crippen molar-refractivity contribution in [3.05, 3.63) is 0 Å². The highest BCUT2D eigenvalue weighted by atomic mass is 19.4. The lowest BCUT2D eigenvalue weighted by atomic mass is 9.94. The van der Waals surface area contributed by atoms with Gasteiger partial charge in [0.2, 0.25) is 0 Å². The van der Waals surface area contributed by atoms with Crippen molar-refractivity contribution in [3.8, 4) is 0 Å². The number of rotatable bonds is 9. The first-order valence-corrected chi connectivity index (χ1v) is 6.11. The zero-order valence-corrected chi connectivity index (χ0v) is 10.8. The Morgan fingerprint density at radius 2 is 1.50 bits per heavy atom. The lowest BCUT2D eigenvalue weighted by Gasteiger charge is -2.32. The number of halogens is 7. The molecule has 0 radical (unpaired) electrons. The maximum absolute atomic E-state index is 13.4. The van der Waals surface area contributed by atoms with Crippen LogP contribution in [0.1, 0.15) is 39.0 Å². The van der Waals surface area contributed by atoms with Crippen molar-refractivity contribution in [2.75, 3.05) is 6.61 Å². The van der Waals surface area contributed by atoms with E-state index < -0.39 is 37.3 Å². The number of alkyl halides is 7. The van der Waals surface area contributed by atoms with Gasteiger partial charge in [-0.3, -0.25) is 0 Å². The summed E-state index contributed by atoms with van der Waals surface area (Å²) in [5.74, 6) is -7.40. The standard InChI is InChI=1S/C11H17F7O2/c1-2-3-4-5-6-8(7-19)9(12,13)10(14,15)20-11(16,17)18/h8,19H,2-7H2,1H3/t8-/m0/s1. The lowest BCUT2D eigenvalue weighted by Crippen LogP contribution is -2.51. The molecule has 20 heavy (non-hydrogen) atoms. The molecule has 0 saturated carbocycles. The van der Waals surface area contributed by atoms with Crippen LogP contribution in [-0.4, -0.2) is 30.1 Å². The first-order valence-electron chi connectivity index (χ1n) is 6.11. The van der Waals surface area contributed by atoms with E-state index in [0.29, 0.717) is 12.8 Å². The summed E-state index contributed by atoms with van der Waals surface area (Å²) in [6, 6.07) is 0. The Labute approximate surface area is 111 Å². The van der Waals surface area contributed by atoms with Gasteiger partial charge in [0.15, 0.2) is 0 Å². The third-order valence-electron chi connectivity index (χ3n) is 2.77. The van der Waals surface area contributed by atoms with E-state index in [1.54, 1.807) is 0 Å². The van der Waals surface area contributed by atoms with Crippen LogP contribution in [0.4, 0.5) is 30.7 Å². The Morgan fingerprint density at radius 1 is 0.950 bits per heavy atom. The largest absolute Gasteiger partial charge is 0.527 e. The van der Waals surface area contributed by atoms with Gasteiger partial charge in [0.05, 0.1) is 12.5 Å². The molecular formula is C11H17F7O2. The van der Waals surface area contributed by atoms with Crippen LogP contribution in [-0.2, 0) is 4.74 Å². The highest BCUT2D eigenvalue weighted by Gasteiger charge is 2.65. The molecule has 0 aliphatic carbocycles. The molecule has 0 aliphatic heterocycles. The van der Waals surface area contributed by atoms with Gasteiger partial charge in [0.1, 0.15) is 0 Å². The Kier molecular flexibility index (Phi) is 7.23. The van der Waals surface area contributed by atoms with Crippen LogP contribution in [0, 0.1) is 5.92 Å². The van der Waals surface area contributed by atoms with Crippen molar-refractivity contribution in [2.24, 2.45) is 5.92 Å². The van der Waals surface area contributed by atoms with E-state index in [4.69, 9.17) is 5.11 Å². The fourth-order valence-corrected chi connectivity index (χ4v) is 1.66. The van der Waals surface area contributed by atoms with Gasteiger partial charge in [0.25, 0.3) is 0 Å². The second-order valence-corrected chi connectivity index (χ2v) is 4.42. The zero-order valence-electron chi connectivity index (χ0n) is 10.8. The first kappa shape index (κ1) is 19.4. The Balaban J connectivity index is 4.77. The second-order valence-electron chi connectivity index (χ2n) is 4.42. The van der Waals surface area contributed by atoms with Crippen LogP contribution in [0.15, 0.2) is 0 Å². The summed E-state index contributed by atoms with van der Waals surface area (Å²) in [4.78, 5) is 0. The minimum absolute atomic E-state index is 0.108. The predicted octanol–water partition coefficient (Wildman–Crippen LogP) is 4.33. The minimum Gasteiger partial charge on any atom is -0.396 e. The maximum atomic E-state index is 13.4. The van der Waals surface area contributed by atoms with Crippen molar-refractivity contribution in [1.82, 2.24) is 0 Å². The number of aliphatic hydroxyl groups is 1. The average molecular weight is 314 g/mol. The van der Waals surface area contributed by atoms with Crippen LogP contribution in [0.25, 0.3) is 0 Å². The molecule has 0 bridgehead atoms. The van der Waals surface area contributed by atoms with Crippen molar-refractivity contribution in [3.63, 3.8) is 0 Å². The third-order valence-corrected chi connectivity index (χ3v) is 2.77. The first-order chi connectivity index (χ1) is 8.98. The van der Waals surface area contributed by atoms with E-state index in [1.165, 1.54) is 0 Å². The van der Waals surface area contributed by atoms with E-state index in [2.05, 4.69) is 4.74 Å². The van der Waals surface area contributed by atoms with Crippen molar-refractivity contribution in [2.45, 2.75) is 57.4 Å². The number of hydrogen-bond acceptors (Lipinski definition) is 2. The summed E-state index contributed by atoms with van der Waals surface area (Å²) in [6.07, 6.45) is -10.1. The molecule has 0 aromatic heterocycles. The van der Waals surface area contributed by atoms with E-state index in [9.17, 15) is 30.7 Å². The fraction of sp³-hybridized carbons (Fsp3) is 1.00. The van der Waals surface area contributed by atoms with E-state index in [1.807, 2.05) is 6.92 Å². The monoisotopic (exact) mass is 314 g/mol. The molecule has 1 atom stereocenters. The van der Waals surface area contributed by atoms with Crippen LogP contribution in [0.5, 0.6) is 0 Å². The molecule has 0 aliphatic rings.